The molecule has 0 radical (unpaired) electrons. The van der Waals surface area contributed by atoms with Gasteiger partial charge in [0, 0.05) is 12.8 Å². The Bertz CT molecular complexity index is 369. The molecule has 4 heteroatoms. The van der Waals surface area contributed by atoms with Gasteiger partial charge >= 0.3 is 0 Å². The van der Waals surface area contributed by atoms with E-state index < -0.39 is 0 Å². The Morgan fingerprint density at radius 1 is 1.57 bits per heavy atom. The van der Waals surface area contributed by atoms with Gasteiger partial charge in [0.05, 0.1) is 17.1 Å². The maximum atomic E-state index is 11.7. The molecule has 0 amide bonds. The zero-order valence-corrected chi connectivity index (χ0v) is 9.37. The molecule has 76 valence electrons. The van der Waals surface area contributed by atoms with Crippen molar-refractivity contribution in [2.75, 3.05) is 13.2 Å². The highest BCUT2D eigenvalue weighted by Crippen LogP contribution is 2.18. The normalized spacial score (nSPS) is 22.2. The number of pyridine rings is 1. The average molecular weight is 258 g/mol. The van der Waals surface area contributed by atoms with E-state index >= 15 is 0 Å². The first kappa shape index (κ1) is 9.93. The topological polar surface area (TPSA) is 31.2 Å². The standard InChI is InChI=1S/C10H12BrNO2/c11-9-4-1-5-12(10(9)13)8-3-2-6-14-7-8/h1,4-5,8H,2-3,6-7H2. The Kier molecular flexibility index (Phi) is 3.03. The third kappa shape index (κ3) is 1.91. The van der Waals surface area contributed by atoms with Crippen LogP contribution in [0.15, 0.2) is 27.6 Å². The first-order valence-electron chi connectivity index (χ1n) is 4.73. The van der Waals surface area contributed by atoms with E-state index in [0.29, 0.717) is 11.1 Å². The number of halogens is 1. The highest BCUT2D eigenvalue weighted by atomic mass is 79.9. The second-order valence-corrected chi connectivity index (χ2v) is 4.29. The van der Waals surface area contributed by atoms with Crippen LogP contribution in [-0.4, -0.2) is 17.8 Å². The molecule has 0 aromatic carbocycles. The fraction of sp³-hybridized carbons (Fsp3) is 0.500. The molecule has 1 aliphatic rings. The van der Waals surface area contributed by atoms with Gasteiger partial charge in [-0.15, -0.1) is 0 Å². The number of hydrogen-bond acceptors (Lipinski definition) is 2. The largest absolute Gasteiger partial charge is 0.379 e. The quantitative estimate of drug-likeness (QED) is 0.771. The van der Waals surface area contributed by atoms with E-state index in [0.717, 1.165) is 19.4 Å². The van der Waals surface area contributed by atoms with Gasteiger partial charge in [-0.05, 0) is 40.9 Å². The van der Waals surface area contributed by atoms with Crippen molar-refractivity contribution in [1.29, 1.82) is 0 Å². The first-order valence-corrected chi connectivity index (χ1v) is 5.53. The van der Waals surface area contributed by atoms with Gasteiger partial charge in [0.25, 0.3) is 5.56 Å². The molecule has 1 aromatic heterocycles. The molecule has 3 nitrogen and oxygen atoms in total. The molecule has 1 fully saturated rings. The molecular weight excluding hydrogens is 246 g/mol. The van der Waals surface area contributed by atoms with Crippen molar-refractivity contribution in [3.05, 3.63) is 33.2 Å². The Labute approximate surface area is 90.8 Å². The highest BCUT2D eigenvalue weighted by molar-refractivity contribution is 9.10. The van der Waals surface area contributed by atoms with E-state index in [2.05, 4.69) is 15.9 Å². The Balaban J connectivity index is 2.31. The number of nitrogens with zero attached hydrogens (tertiary/aromatic N) is 1. The van der Waals surface area contributed by atoms with Crippen LogP contribution >= 0.6 is 15.9 Å². The number of hydrogen-bond donors (Lipinski definition) is 0. The lowest BCUT2D eigenvalue weighted by Gasteiger charge is -2.24. The Morgan fingerprint density at radius 2 is 2.43 bits per heavy atom. The van der Waals surface area contributed by atoms with Crippen LogP contribution in [0.5, 0.6) is 0 Å². The minimum Gasteiger partial charge on any atom is -0.379 e. The fourth-order valence-electron chi connectivity index (χ4n) is 1.71. The minimum absolute atomic E-state index is 0.0306. The van der Waals surface area contributed by atoms with Gasteiger partial charge in [-0.3, -0.25) is 4.79 Å². The third-order valence-corrected chi connectivity index (χ3v) is 3.06. The summed E-state index contributed by atoms with van der Waals surface area (Å²) in [6, 6.07) is 3.84. The second-order valence-electron chi connectivity index (χ2n) is 3.44. The Hall–Kier alpha value is -0.610. The van der Waals surface area contributed by atoms with Gasteiger partial charge in [0.15, 0.2) is 0 Å². The van der Waals surface area contributed by atoms with Crippen molar-refractivity contribution in [3.8, 4) is 0 Å². The molecule has 1 aliphatic heterocycles. The smallest absolute Gasteiger partial charge is 0.265 e. The summed E-state index contributed by atoms with van der Waals surface area (Å²) in [5.41, 5.74) is 0.0306. The van der Waals surface area contributed by atoms with Crippen molar-refractivity contribution < 1.29 is 4.74 Å². The van der Waals surface area contributed by atoms with E-state index in [9.17, 15) is 4.79 Å². The van der Waals surface area contributed by atoms with Gasteiger partial charge in [-0.1, -0.05) is 0 Å². The zero-order chi connectivity index (χ0) is 9.97. The van der Waals surface area contributed by atoms with Crippen LogP contribution in [0.3, 0.4) is 0 Å². The first-order chi connectivity index (χ1) is 6.79. The molecule has 0 spiro atoms. The summed E-state index contributed by atoms with van der Waals surface area (Å²) in [5.74, 6) is 0. The minimum atomic E-state index is 0.0306. The summed E-state index contributed by atoms with van der Waals surface area (Å²) in [5, 5.41) is 0. The van der Waals surface area contributed by atoms with Crippen LogP contribution in [0.2, 0.25) is 0 Å². The molecule has 0 saturated carbocycles. The summed E-state index contributed by atoms with van der Waals surface area (Å²) in [6.07, 6.45) is 3.88. The molecule has 1 aromatic rings. The van der Waals surface area contributed by atoms with E-state index in [1.807, 2.05) is 12.3 Å². The average Bonchev–Trinajstić information content (AvgIpc) is 2.23. The van der Waals surface area contributed by atoms with E-state index in [-0.39, 0.29) is 11.6 Å². The van der Waals surface area contributed by atoms with Gasteiger partial charge < -0.3 is 9.30 Å². The molecule has 2 rings (SSSR count). The molecule has 0 bridgehead atoms. The predicted molar refractivity (Wildman–Crippen MR) is 57.5 cm³/mol. The van der Waals surface area contributed by atoms with Crippen LogP contribution in [0.4, 0.5) is 0 Å². The van der Waals surface area contributed by atoms with Crippen molar-refractivity contribution in [2.45, 2.75) is 18.9 Å². The van der Waals surface area contributed by atoms with Crippen molar-refractivity contribution in [3.63, 3.8) is 0 Å². The molecule has 1 unspecified atom stereocenters. The van der Waals surface area contributed by atoms with Gasteiger partial charge in [-0.2, -0.15) is 0 Å². The predicted octanol–water partition coefficient (Wildman–Crippen LogP) is 1.96. The van der Waals surface area contributed by atoms with Gasteiger partial charge in [0.2, 0.25) is 0 Å². The molecular formula is C10H12BrNO2. The van der Waals surface area contributed by atoms with Gasteiger partial charge in [0.1, 0.15) is 0 Å². The van der Waals surface area contributed by atoms with E-state index in [1.165, 1.54) is 0 Å². The van der Waals surface area contributed by atoms with Crippen molar-refractivity contribution >= 4 is 15.9 Å². The van der Waals surface area contributed by atoms with Crippen molar-refractivity contribution in [2.24, 2.45) is 0 Å². The summed E-state index contributed by atoms with van der Waals surface area (Å²) in [4.78, 5) is 11.7. The third-order valence-electron chi connectivity index (χ3n) is 2.46. The van der Waals surface area contributed by atoms with Gasteiger partial charge in [-0.25, -0.2) is 0 Å². The number of aromatic nitrogens is 1. The lowest BCUT2D eigenvalue weighted by Crippen LogP contribution is -2.30. The van der Waals surface area contributed by atoms with E-state index in [4.69, 9.17) is 4.74 Å². The van der Waals surface area contributed by atoms with Crippen LogP contribution in [-0.2, 0) is 4.74 Å². The molecule has 1 atom stereocenters. The second kappa shape index (κ2) is 4.28. The van der Waals surface area contributed by atoms with Crippen LogP contribution in [0, 0.1) is 0 Å². The highest BCUT2D eigenvalue weighted by Gasteiger charge is 2.16. The maximum Gasteiger partial charge on any atom is 0.265 e. The molecule has 1 saturated heterocycles. The Morgan fingerprint density at radius 3 is 3.14 bits per heavy atom. The molecule has 0 N–H and O–H groups in total. The molecule has 0 aliphatic carbocycles. The van der Waals surface area contributed by atoms with Crippen LogP contribution in [0.1, 0.15) is 18.9 Å². The van der Waals surface area contributed by atoms with E-state index in [1.54, 1.807) is 10.6 Å². The summed E-state index contributed by atoms with van der Waals surface area (Å²) in [7, 11) is 0. The lowest BCUT2D eigenvalue weighted by molar-refractivity contribution is 0.0579. The summed E-state index contributed by atoms with van der Waals surface area (Å²) in [6.45, 7) is 1.47. The lowest BCUT2D eigenvalue weighted by atomic mass is 10.1. The molecule has 2 heterocycles. The molecule has 14 heavy (non-hydrogen) atoms. The summed E-state index contributed by atoms with van der Waals surface area (Å²) < 4.78 is 7.73. The number of rotatable bonds is 1. The van der Waals surface area contributed by atoms with Crippen molar-refractivity contribution in [1.82, 2.24) is 4.57 Å². The van der Waals surface area contributed by atoms with Crippen LogP contribution < -0.4 is 5.56 Å². The number of ether oxygens (including phenoxy) is 1. The maximum absolute atomic E-state index is 11.7. The summed E-state index contributed by atoms with van der Waals surface area (Å²) >= 11 is 3.24. The van der Waals surface area contributed by atoms with Crippen LogP contribution in [0.25, 0.3) is 0 Å². The fourth-order valence-corrected chi connectivity index (χ4v) is 2.07. The monoisotopic (exact) mass is 257 g/mol. The zero-order valence-electron chi connectivity index (χ0n) is 7.78. The SMILES string of the molecule is O=c1c(Br)cccn1C1CCCOC1.